The van der Waals surface area contributed by atoms with Gasteiger partial charge < -0.3 is 46.4 Å². The van der Waals surface area contributed by atoms with E-state index in [0.29, 0.717) is 63.6 Å². The third kappa shape index (κ3) is 11.4. The first kappa shape index (κ1) is 47.5. The van der Waals surface area contributed by atoms with E-state index in [1.54, 1.807) is 26.0 Å². The van der Waals surface area contributed by atoms with Crippen LogP contribution in [-0.2, 0) is 51.2 Å². The number of benzene rings is 2. The second kappa shape index (κ2) is 21.6. The van der Waals surface area contributed by atoms with Crippen LogP contribution in [0.1, 0.15) is 90.2 Å². The molecule has 2 aromatic rings. The Kier molecular flexibility index (Phi) is 16.0. The monoisotopic (exact) mass is 884 g/mol. The Morgan fingerprint density at radius 3 is 1.70 bits per heavy atom. The Hall–Kier alpha value is -6.00. The molecule has 8 amide bonds. The van der Waals surface area contributed by atoms with Gasteiger partial charge in [0.25, 0.3) is 0 Å². The number of hydrogen-bond donors (Lipinski definition) is 6. The topological polar surface area (TPSA) is 227 Å². The molecule has 0 radical (unpaired) electrons. The van der Waals surface area contributed by atoms with E-state index < -0.39 is 83.7 Å². The molecule has 6 N–H and O–H groups in total. The zero-order chi connectivity index (χ0) is 46.1. The van der Waals surface area contributed by atoms with Gasteiger partial charge in [-0.3, -0.25) is 38.4 Å². The summed E-state index contributed by atoms with van der Waals surface area (Å²) in [6.07, 6.45) is 3.17. The molecule has 0 aliphatic carbocycles. The largest absolute Gasteiger partial charge is 0.508 e. The van der Waals surface area contributed by atoms with E-state index in [1.165, 1.54) is 26.8 Å². The van der Waals surface area contributed by atoms with Crippen molar-refractivity contribution in [2.75, 3.05) is 26.2 Å². The lowest BCUT2D eigenvalue weighted by Crippen LogP contribution is -2.61. The van der Waals surface area contributed by atoms with Crippen LogP contribution >= 0.6 is 0 Å². The number of phenolic OH excluding ortho intramolecular Hbond substituents is 1. The lowest BCUT2D eigenvalue weighted by Gasteiger charge is -2.34. The Morgan fingerprint density at radius 1 is 0.578 bits per heavy atom. The van der Waals surface area contributed by atoms with Gasteiger partial charge in [-0.25, -0.2) is 0 Å². The molecule has 346 valence electrons. The minimum Gasteiger partial charge on any atom is -0.508 e. The number of aromatic hydroxyl groups is 1. The SMILES string of the molecule is CC[C@H](C)[C@@H]1NC(=O)[C@@H]2CCCN2C(=O)[C@@H]2CCCN2C(=O)CCNC(=O)[C@H](Cc2ccccc2)NC(=O)[C@H](Cc2ccc(O)cc2)NC(=O)[C@@H]2CCCN2C(=O)[C@H](C(C)C)NC1=O. The molecule has 64 heavy (non-hydrogen) atoms. The van der Waals surface area contributed by atoms with Crippen molar-refractivity contribution in [3.8, 4) is 5.75 Å². The van der Waals surface area contributed by atoms with Crippen molar-refractivity contribution in [2.45, 2.75) is 134 Å². The fraction of sp³-hybridized carbons (Fsp3) is 0.574. The normalized spacial score (nSPS) is 27.6. The molecule has 4 aliphatic rings. The van der Waals surface area contributed by atoms with Gasteiger partial charge in [-0.05, 0) is 73.6 Å². The van der Waals surface area contributed by atoms with E-state index in [1.807, 2.05) is 44.2 Å². The van der Waals surface area contributed by atoms with E-state index in [9.17, 15) is 43.5 Å². The van der Waals surface area contributed by atoms with E-state index in [2.05, 4.69) is 26.6 Å². The maximum absolute atomic E-state index is 14.5. The molecule has 0 aromatic heterocycles. The van der Waals surface area contributed by atoms with Crippen molar-refractivity contribution in [2.24, 2.45) is 11.8 Å². The second-order valence-electron chi connectivity index (χ2n) is 18.0. The van der Waals surface area contributed by atoms with Crippen LogP contribution in [0, 0.1) is 11.8 Å². The number of hydrogen-bond acceptors (Lipinski definition) is 9. The van der Waals surface area contributed by atoms with Crippen LogP contribution in [0.2, 0.25) is 0 Å². The third-order valence-corrected chi connectivity index (χ3v) is 13.1. The molecule has 0 spiro atoms. The predicted molar refractivity (Wildman–Crippen MR) is 236 cm³/mol. The fourth-order valence-electron chi connectivity index (χ4n) is 9.24. The summed E-state index contributed by atoms with van der Waals surface area (Å²) in [5.74, 6) is -4.80. The van der Waals surface area contributed by atoms with Crippen LogP contribution in [0.3, 0.4) is 0 Å². The van der Waals surface area contributed by atoms with Crippen molar-refractivity contribution >= 4 is 47.3 Å². The van der Waals surface area contributed by atoms with Gasteiger partial charge >= 0.3 is 0 Å². The highest BCUT2D eigenvalue weighted by Gasteiger charge is 2.44. The number of phenols is 1. The molecule has 0 bridgehead atoms. The number of carbonyl (C=O) groups is 8. The highest BCUT2D eigenvalue weighted by Crippen LogP contribution is 2.27. The fourth-order valence-corrected chi connectivity index (χ4v) is 9.24. The number of nitrogens with zero attached hydrogens (tertiary/aromatic N) is 3. The molecule has 4 fully saturated rings. The summed E-state index contributed by atoms with van der Waals surface area (Å²) in [4.78, 5) is 118. The summed E-state index contributed by atoms with van der Waals surface area (Å²) in [7, 11) is 0. The van der Waals surface area contributed by atoms with E-state index >= 15 is 0 Å². The second-order valence-corrected chi connectivity index (χ2v) is 18.0. The maximum atomic E-state index is 14.5. The molecule has 17 nitrogen and oxygen atoms in total. The minimum atomic E-state index is -1.22. The lowest BCUT2D eigenvalue weighted by molar-refractivity contribution is -0.147. The molecule has 4 saturated heterocycles. The van der Waals surface area contributed by atoms with E-state index in [4.69, 9.17) is 0 Å². The van der Waals surface area contributed by atoms with Gasteiger partial charge in [0.05, 0.1) is 0 Å². The Balaban J connectivity index is 1.33. The molecule has 0 saturated carbocycles. The molecular formula is C47H64N8O9. The number of amides is 8. The van der Waals surface area contributed by atoms with Gasteiger partial charge in [0.15, 0.2) is 0 Å². The average molecular weight is 885 g/mol. The van der Waals surface area contributed by atoms with Crippen LogP contribution in [0.25, 0.3) is 0 Å². The smallest absolute Gasteiger partial charge is 0.246 e. The number of fused-ring (bicyclic) bond motifs is 3. The molecule has 17 heteroatoms. The Bertz CT molecular complexity index is 2030. The van der Waals surface area contributed by atoms with Gasteiger partial charge in [-0.1, -0.05) is 76.6 Å². The lowest BCUT2D eigenvalue weighted by atomic mass is 9.95. The van der Waals surface area contributed by atoms with Crippen molar-refractivity contribution < 1.29 is 43.5 Å². The number of carbonyl (C=O) groups excluding carboxylic acids is 8. The van der Waals surface area contributed by atoms with Crippen LogP contribution in [0.5, 0.6) is 5.75 Å². The van der Waals surface area contributed by atoms with Gasteiger partial charge in [0.1, 0.15) is 48.0 Å². The predicted octanol–water partition coefficient (Wildman–Crippen LogP) is 1.31. The first-order chi connectivity index (χ1) is 30.7. The van der Waals surface area contributed by atoms with Crippen molar-refractivity contribution in [3.63, 3.8) is 0 Å². The van der Waals surface area contributed by atoms with Crippen LogP contribution in [0.15, 0.2) is 54.6 Å². The summed E-state index contributed by atoms with van der Waals surface area (Å²) >= 11 is 0. The van der Waals surface area contributed by atoms with Gasteiger partial charge in [0, 0.05) is 45.4 Å². The molecule has 6 rings (SSSR count). The van der Waals surface area contributed by atoms with Gasteiger partial charge in [-0.2, -0.15) is 0 Å². The van der Waals surface area contributed by atoms with Crippen LogP contribution < -0.4 is 26.6 Å². The highest BCUT2D eigenvalue weighted by atomic mass is 16.3. The molecular weight excluding hydrogens is 821 g/mol. The first-order valence-electron chi connectivity index (χ1n) is 22.9. The molecule has 4 aliphatic heterocycles. The van der Waals surface area contributed by atoms with Crippen molar-refractivity contribution in [1.82, 2.24) is 41.3 Å². The zero-order valence-corrected chi connectivity index (χ0v) is 37.3. The Labute approximate surface area is 374 Å². The van der Waals surface area contributed by atoms with Crippen LogP contribution in [-0.4, -0.2) is 136 Å². The minimum absolute atomic E-state index is 0.0107. The number of rotatable bonds is 7. The first-order valence-corrected chi connectivity index (χ1v) is 22.9. The average Bonchev–Trinajstić information content (AvgIpc) is 4.09. The summed E-state index contributed by atoms with van der Waals surface area (Å²) in [6.45, 7) is 8.05. The quantitative estimate of drug-likeness (QED) is 0.236. The maximum Gasteiger partial charge on any atom is 0.246 e. The Morgan fingerprint density at radius 2 is 1.09 bits per heavy atom. The molecule has 0 unspecified atom stereocenters. The number of nitrogens with one attached hydrogen (secondary N) is 5. The van der Waals surface area contributed by atoms with Crippen molar-refractivity contribution in [3.05, 3.63) is 65.7 Å². The van der Waals surface area contributed by atoms with E-state index in [-0.39, 0.29) is 55.8 Å². The highest BCUT2D eigenvalue weighted by molar-refractivity contribution is 5.98. The van der Waals surface area contributed by atoms with Gasteiger partial charge in [0.2, 0.25) is 47.3 Å². The zero-order valence-electron chi connectivity index (χ0n) is 37.3. The molecule has 2 aromatic carbocycles. The van der Waals surface area contributed by atoms with Gasteiger partial charge in [-0.15, -0.1) is 0 Å². The van der Waals surface area contributed by atoms with Crippen molar-refractivity contribution in [1.29, 1.82) is 0 Å². The van der Waals surface area contributed by atoms with Crippen LogP contribution in [0.4, 0.5) is 0 Å². The summed E-state index contributed by atoms with van der Waals surface area (Å²) in [6, 6.07) is 8.13. The summed E-state index contributed by atoms with van der Waals surface area (Å²) in [5.41, 5.74) is 1.35. The molecule has 4 heterocycles. The standard InChI is InChI=1S/C47H64N8O9/c1-5-29(4)40-45(62)51-39(28(2)3)47(64)55-25-10-14-35(55)43(60)50-34(27-31-17-19-32(56)20-18-31)42(59)49-33(26-30-12-7-6-8-13-30)41(58)48-22-21-38(57)53-23-11-16-37(53)46(63)54-24-9-15-36(54)44(61)52-40/h6-8,12-13,17-20,28-29,33-37,39-40,56H,5,9-11,14-16,21-27H2,1-4H3,(H,48,58)(H,49,59)(H,50,60)(H,51,62)(H,52,61)/t29-,33-,34-,35-,36-,37-,39-,40-/m0/s1. The third-order valence-electron chi connectivity index (χ3n) is 13.1. The van der Waals surface area contributed by atoms with E-state index in [0.717, 1.165) is 5.56 Å². The summed E-state index contributed by atoms with van der Waals surface area (Å²) in [5, 5.41) is 24.3. The summed E-state index contributed by atoms with van der Waals surface area (Å²) < 4.78 is 0. The molecule has 8 atom stereocenters.